The molecule has 0 radical (unpaired) electrons. The molecule has 0 aromatic rings. The molecule has 1 heterocycles. The van der Waals surface area contributed by atoms with Crippen molar-refractivity contribution < 1.29 is 16.8 Å². The largest absolute Gasteiger partial charge is 0.313 e. The van der Waals surface area contributed by atoms with E-state index < -0.39 is 25.9 Å². The zero-order chi connectivity index (χ0) is 14.0. The van der Waals surface area contributed by atoms with E-state index in [1.54, 1.807) is 6.92 Å². The molecule has 1 aliphatic rings. The van der Waals surface area contributed by atoms with Crippen molar-refractivity contribution in [2.75, 3.05) is 30.3 Å². The van der Waals surface area contributed by atoms with Crippen molar-refractivity contribution in [2.45, 2.75) is 32.9 Å². The van der Waals surface area contributed by atoms with Gasteiger partial charge >= 0.3 is 0 Å². The minimum Gasteiger partial charge on any atom is -0.313 e. The van der Waals surface area contributed by atoms with Crippen LogP contribution in [-0.2, 0) is 19.9 Å². The number of sulfone groups is 1. The lowest BCUT2D eigenvalue weighted by atomic mass is 10.4. The summed E-state index contributed by atoms with van der Waals surface area (Å²) >= 11 is 0. The second-order valence-electron chi connectivity index (χ2n) is 5.00. The molecule has 0 amide bonds. The third-order valence-electron chi connectivity index (χ3n) is 2.88. The fourth-order valence-corrected chi connectivity index (χ4v) is 5.36. The maximum atomic E-state index is 12.1. The van der Waals surface area contributed by atoms with E-state index >= 15 is 0 Å². The Morgan fingerprint density at radius 3 is 2.50 bits per heavy atom. The first-order chi connectivity index (χ1) is 8.14. The standard InChI is InChI=1S/C10H22N2O4S2/c1-9(2)11-4-6-18(15,16)12-5-7-17(13,14)8-10(12)3/h9-11H,4-8H2,1-3H3. The van der Waals surface area contributed by atoms with Gasteiger partial charge in [0.1, 0.15) is 0 Å². The summed E-state index contributed by atoms with van der Waals surface area (Å²) in [5, 5.41) is 3.05. The van der Waals surface area contributed by atoms with Gasteiger partial charge in [0.25, 0.3) is 0 Å². The molecular weight excluding hydrogens is 276 g/mol. The van der Waals surface area contributed by atoms with Crippen LogP contribution in [0.5, 0.6) is 0 Å². The summed E-state index contributed by atoms with van der Waals surface area (Å²) in [7, 11) is -6.45. The highest BCUT2D eigenvalue weighted by Gasteiger charge is 2.35. The molecule has 1 rings (SSSR count). The molecule has 0 aromatic heterocycles. The van der Waals surface area contributed by atoms with E-state index in [2.05, 4.69) is 5.32 Å². The highest BCUT2D eigenvalue weighted by Crippen LogP contribution is 2.15. The van der Waals surface area contributed by atoms with Crippen molar-refractivity contribution in [3.8, 4) is 0 Å². The van der Waals surface area contributed by atoms with Crippen molar-refractivity contribution >= 4 is 19.9 Å². The van der Waals surface area contributed by atoms with E-state index in [0.717, 1.165) is 0 Å². The van der Waals surface area contributed by atoms with E-state index in [-0.39, 0.29) is 29.8 Å². The van der Waals surface area contributed by atoms with Crippen LogP contribution in [0.4, 0.5) is 0 Å². The summed E-state index contributed by atoms with van der Waals surface area (Å²) in [4.78, 5) is 0. The van der Waals surface area contributed by atoms with Gasteiger partial charge in [-0.25, -0.2) is 16.8 Å². The van der Waals surface area contributed by atoms with Crippen LogP contribution in [0.2, 0.25) is 0 Å². The van der Waals surface area contributed by atoms with E-state index in [0.29, 0.717) is 6.54 Å². The van der Waals surface area contributed by atoms with Crippen molar-refractivity contribution in [1.82, 2.24) is 9.62 Å². The lowest BCUT2D eigenvalue weighted by molar-refractivity contribution is 0.356. The first-order valence-corrected chi connectivity index (χ1v) is 9.50. The van der Waals surface area contributed by atoms with Gasteiger partial charge in [0, 0.05) is 25.2 Å². The number of rotatable bonds is 5. The van der Waals surface area contributed by atoms with Crippen molar-refractivity contribution in [2.24, 2.45) is 0 Å². The van der Waals surface area contributed by atoms with Gasteiger partial charge in [0.15, 0.2) is 9.84 Å². The van der Waals surface area contributed by atoms with E-state index in [4.69, 9.17) is 0 Å². The lowest BCUT2D eigenvalue weighted by Gasteiger charge is -2.32. The predicted octanol–water partition coefficient (Wildman–Crippen LogP) is -0.567. The van der Waals surface area contributed by atoms with Gasteiger partial charge < -0.3 is 5.32 Å². The molecule has 1 unspecified atom stereocenters. The van der Waals surface area contributed by atoms with E-state index in [1.165, 1.54) is 4.31 Å². The molecule has 0 bridgehead atoms. The van der Waals surface area contributed by atoms with Crippen LogP contribution < -0.4 is 5.32 Å². The monoisotopic (exact) mass is 298 g/mol. The van der Waals surface area contributed by atoms with Gasteiger partial charge in [-0.05, 0) is 6.92 Å². The molecular formula is C10H22N2O4S2. The molecule has 1 saturated heterocycles. The summed E-state index contributed by atoms with van der Waals surface area (Å²) in [5.74, 6) is -0.145. The molecule has 0 aromatic carbocycles. The Morgan fingerprint density at radius 2 is 2.00 bits per heavy atom. The van der Waals surface area contributed by atoms with Crippen LogP contribution in [0, 0.1) is 0 Å². The van der Waals surface area contributed by atoms with Gasteiger partial charge in [-0.1, -0.05) is 13.8 Å². The van der Waals surface area contributed by atoms with Crippen LogP contribution in [0.3, 0.4) is 0 Å². The van der Waals surface area contributed by atoms with Crippen LogP contribution in [0.15, 0.2) is 0 Å². The van der Waals surface area contributed by atoms with Gasteiger partial charge in [-0.15, -0.1) is 0 Å². The molecule has 108 valence electrons. The Hall–Kier alpha value is -0.180. The maximum Gasteiger partial charge on any atom is 0.215 e. The topological polar surface area (TPSA) is 83.6 Å². The Labute approximate surface area is 110 Å². The average Bonchev–Trinajstić information content (AvgIpc) is 2.13. The predicted molar refractivity (Wildman–Crippen MR) is 71.7 cm³/mol. The first kappa shape index (κ1) is 15.9. The van der Waals surface area contributed by atoms with Crippen molar-refractivity contribution in [3.63, 3.8) is 0 Å². The third-order valence-corrected chi connectivity index (χ3v) is 6.65. The number of nitrogens with one attached hydrogen (secondary N) is 1. The summed E-state index contributed by atoms with van der Waals surface area (Å²) in [6.45, 7) is 6.00. The van der Waals surface area contributed by atoms with Crippen molar-refractivity contribution in [1.29, 1.82) is 0 Å². The van der Waals surface area contributed by atoms with Crippen LogP contribution in [0.1, 0.15) is 20.8 Å². The second kappa shape index (κ2) is 5.85. The quantitative estimate of drug-likeness (QED) is 0.735. The molecule has 0 saturated carbocycles. The number of hydrogen-bond acceptors (Lipinski definition) is 5. The normalized spacial score (nSPS) is 25.4. The summed E-state index contributed by atoms with van der Waals surface area (Å²) < 4.78 is 48.3. The SMILES string of the molecule is CC(C)NCCS(=O)(=O)N1CCS(=O)(=O)CC1C. The summed E-state index contributed by atoms with van der Waals surface area (Å²) in [5.41, 5.74) is 0. The fraction of sp³-hybridized carbons (Fsp3) is 1.00. The van der Waals surface area contributed by atoms with E-state index in [1.807, 2.05) is 13.8 Å². The molecule has 0 spiro atoms. The lowest BCUT2D eigenvalue weighted by Crippen LogP contribution is -2.51. The molecule has 6 nitrogen and oxygen atoms in total. The average molecular weight is 298 g/mol. The van der Waals surface area contributed by atoms with Gasteiger partial charge in [-0.3, -0.25) is 0 Å². The van der Waals surface area contributed by atoms with Crippen molar-refractivity contribution in [3.05, 3.63) is 0 Å². The fourth-order valence-electron chi connectivity index (χ4n) is 1.99. The van der Waals surface area contributed by atoms with Gasteiger partial charge in [0.2, 0.25) is 10.0 Å². The van der Waals surface area contributed by atoms with E-state index in [9.17, 15) is 16.8 Å². The van der Waals surface area contributed by atoms with Crippen LogP contribution >= 0.6 is 0 Å². The number of hydrogen-bond donors (Lipinski definition) is 1. The highest BCUT2D eigenvalue weighted by molar-refractivity contribution is 7.92. The molecule has 1 N–H and O–H groups in total. The molecule has 8 heteroatoms. The Kier molecular flexibility index (Phi) is 5.16. The minimum atomic E-state index is -3.37. The molecule has 1 aliphatic heterocycles. The van der Waals surface area contributed by atoms with Crippen LogP contribution in [-0.4, -0.2) is 63.6 Å². The van der Waals surface area contributed by atoms with Gasteiger partial charge in [0.05, 0.1) is 17.3 Å². The zero-order valence-corrected chi connectivity index (χ0v) is 12.7. The molecule has 1 atom stereocenters. The van der Waals surface area contributed by atoms with Crippen LogP contribution in [0.25, 0.3) is 0 Å². The summed E-state index contributed by atoms with van der Waals surface area (Å²) in [6, 6.07) is -0.229. The highest BCUT2D eigenvalue weighted by atomic mass is 32.2. The zero-order valence-electron chi connectivity index (χ0n) is 11.1. The summed E-state index contributed by atoms with van der Waals surface area (Å²) in [6.07, 6.45) is 0. The Balaban J connectivity index is 2.63. The maximum absolute atomic E-state index is 12.1. The second-order valence-corrected chi connectivity index (χ2v) is 9.27. The third kappa shape index (κ3) is 4.49. The molecule has 18 heavy (non-hydrogen) atoms. The smallest absolute Gasteiger partial charge is 0.215 e. The van der Waals surface area contributed by atoms with Gasteiger partial charge in [-0.2, -0.15) is 4.31 Å². The minimum absolute atomic E-state index is 0.00949. The number of nitrogens with zero attached hydrogens (tertiary/aromatic N) is 1. The molecule has 1 fully saturated rings. The Bertz CT molecular complexity index is 470. The number of sulfonamides is 1. The first-order valence-electron chi connectivity index (χ1n) is 6.07. The Morgan fingerprint density at radius 1 is 1.39 bits per heavy atom. The molecule has 0 aliphatic carbocycles.